The van der Waals surface area contributed by atoms with Crippen LogP contribution in [0, 0.1) is 0 Å². The van der Waals surface area contributed by atoms with Crippen LogP contribution in [0.15, 0.2) is 18.2 Å². The fourth-order valence-electron chi connectivity index (χ4n) is 4.12. The van der Waals surface area contributed by atoms with E-state index >= 15 is 0 Å². The third-order valence-corrected chi connectivity index (χ3v) is 5.78. The fraction of sp³-hybridized carbons (Fsp3) is 0.600. The Balaban J connectivity index is 1.48. The van der Waals surface area contributed by atoms with Gasteiger partial charge in [-0.2, -0.15) is 0 Å². The fourth-order valence-corrected chi connectivity index (χ4v) is 4.12. The number of ether oxygens (including phenoxy) is 2. The van der Waals surface area contributed by atoms with Crippen molar-refractivity contribution in [1.29, 1.82) is 0 Å². The number of benzene rings is 1. The maximum absolute atomic E-state index is 5.98. The van der Waals surface area contributed by atoms with Crippen LogP contribution in [0.3, 0.4) is 0 Å². The lowest BCUT2D eigenvalue weighted by Gasteiger charge is -2.32. The number of hydrogen-bond donors (Lipinski definition) is 1. The Morgan fingerprint density at radius 2 is 2.04 bits per heavy atom. The Bertz CT molecular complexity index is 785. The Morgan fingerprint density at radius 1 is 1.19 bits per heavy atom. The molecule has 0 spiro atoms. The van der Waals surface area contributed by atoms with Crippen molar-refractivity contribution in [3.8, 4) is 5.75 Å². The van der Waals surface area contributed by atoms with E-state index in [1.165, 1.54) is 11.1 Å². The number of nitrogens with zero attached hydrogens (tertiary/aromatic N) is 4. The molecule has 0 unspecified atom stereocenters. The molecule has 146 valence electrons. The molecule has 1 aromatic carbocycles. The van der Waals surface area contributed by atoms with Gasteiger partial charge in [0.2, 0.25) is 0 Å². The summed E-state index contributed by atoms with van der Waals surface area (Å²) in [5, 5.41) is 9.05. The zero-order chi connectivity index (χ0) is 18.8. The summed E-state index contributed by atoms with van der Waals surface area (Å²) < 4.78 is 12.9. The van der Waals surface area contributed by atoms with Crippen LogP contribution in [0.25, 0.3) is 0 Å². The molecule has 1 aromatic heterocycles. The average molecular weight is 371 g/mol. The van der Waals surface area contributed by atoms with E-state index in [2.05, 4.69) is 31.8 Å². The minimum atomic E-state index is 0.307. The Kier molecular flexibility index (Phi) is 5.43. The van der Waals surface area contributed by atoms with E-state index in [-0.39, 0.29) is 0 Å². The van der Waals surface area contributed by atoms with Gasteiger partial charge in [0.05, 0.1) is 20.3 Å². The topological polar surface area (TPSA) is 78.4 Å². The molecule has 2 aliphatic rings. The van der Waals surface area contributed by atoms with Gasteiger partial charge in [0.15, 0.2) is 0 Å². The van der Waals surface area contributed by atoms with Gasteiger partial charge in [-0.05, 0) is 42.5 Å². The van der Waals surface area contributed by atoms with Crippen LogP contribution in [0.4, 0.5) is 0 Å². The molecule has 2 heterocycles. The van der Waals surface area contributed by atoms with E-state index in [1.807, 2.05) is 6.07 Å². The molecular weight excluding hydrogens is 342 g/mol. The van der Waals surface area contributed by atoms with Crippen LogP contribution in [-0.2, 0) is 30.8 Å². The van der Waals surface area contributed by atoms with Crippen molar-refractivity contribution in [3.63, 3.8) is 0 Å². The largest absolute Gasteiger partial charge is 0.497 e. The lowest BCUT2D eigenvalue weighted by atomic mass is 9.80. The van der Waals surface area contributed by atoms with Gasteiger partial charge in [-0.1, -0.05) is 6.07 Å². The highest BCUT2D eigenvalue weighted by atomic mass is 16.5. The van der Waals surface area contributed by atoms with Gasteiger partial charge < -0.3 is 19.8 Å². The predicted octanol–water partition coefficient (Wildman–Crippen LogP) is 1.70. The average Bonchev–Trinajstić information content (AvgIpc) is 3.05. The van der Waals surface area contributed by atoms with Crippen LogP contribution < -0.4 is 10.5 Å². The minimum Gasteiger partial charge on any atom is -0.497 e. The highest BCUT2D eigenvalue weighted by Gasteiger charge is 2.32. The summed E-state index contributed by atoms with van der Waals surface area (Å²) in [4.78, 5) is 2.44. The first-order valence-corrected chi connectivity index (χ1v) is 9.72. The smallest absolute Gasteiger partial charge is 0.147 e. The lowest BCUT2D eigenvalue weighted by molar-refractivity contribution is 0.179. The van der Waals surface area contributed by atoms with E-state index in [9.17, 15) is 0 Å². The third-order valence-electron chi connectivity index (χ3n) is 5.78. The van der Waals surface area contributed by atoms with Crippen LogP contribution in [0.1, 0.15) is 41.5 Å². The number of methoxy groups -OCH3 is 2. The maximum atomic E-state index is 5.98. The van der Waals surface area contributed by atoms with E-state index in [0.717, 1.165) is 62.8 Å². The molecule has 0 radical (unpaired) electrons. The quantitative estimate of drug-likeness (QED) is 0.798. The molecule has 7 heteroatoms. The van der Waals surface area contributed by atoms with E-state index < -0.39 is 0 Å². The molecule has 1 fully saturated rings. The summed E-state index contributed by atoms with van der Waals surface area (Å²) in [7, 11) is 3.45. The second-order valence-corrected chi connectivity index (χ2v) is 7.64. The van der Waals surface area contributed by atoms with Crippen molar-refractivity contribution >= 4 is 0 Å². The molecule has 27 heavy (non-hydrogen) atoms. The van der Waals surface area contributed by atoms with Crippen molar-refractivity contribution in [1.82, 2.24) is 19.7 Å². The summed E-state index contributed by atoms with van der Waals surface area (Å²) in [6.07, 6.45) is 3.04. The summed E-state index contributed by atoms with van der Waals surface area (Å²) in [5.41, 5.74) is 8.73. The first-order chi connectivity index (χ1) is 13.2. The van der Waals surface area contributed by atoms with Crippen LogP contribution in [-0.4, -0.2) is 53.1 Å². The molecule has 4 rings (SSSR count). The Labute approximate surface area is 160 Å². The number of nitrogens with two attached hydrogens (primary N) is 1. The molecule has 7 nitrogen and oxygen atoms in total. The molecule has 0 saturated heterocycles. The second-order valence-electron chi connectivity index (χ2n) is 7.64. The molecule has 0 amide bonds. The molecule has 2 aromatic rings. The highest BCUT2D eigenvalue weighted by Crippen LogP contribution is 2.35. The number of fused-ring (bicyclic) bond motifs is 1. The van der Waals surface area contributed by atoms with Crippen molar-refractivity contribution in [2.75, 3.05) is 27.4 Å². The molecule has 2 N–H and O–H groups in total. The first-order valence-electron chi connectivity index (χ1n) is 9.72. The highest BCUT2D eigenvalue weighted by molar-refractivity contribution is 5.37. The Hall–Kier alpha value is -1.96. The number of hydrogen-bond acceptors (Lipinski definition) is 6. The zero-order valence-corrected chi connectivity index (χ0v) is 16.2. The van der Waals surface area contributed by atoms with Crippen molar-refractivity contribution in [2.24, 2.45) is 5.73 Å². The third kappa shape index (κ3) is 3.85. The van der Waals surface area contributed by atoms with Crippen LogP contribution in [0.5, 0.6) is 5.75 Å². The minimum absolute atomic E-state index is 0.307. The lowest BCUT2D eigenvalue weighted by Crippen LogP contribution is -2.36. The molecular formula is C20H29N5O2. The number of aromatic nitrogens is 3. The summed E-state index contributed by atoms with van der Waals surface area (Å²) in [6.45, 7) is 4.21. The predicted molar refractivity (Wildman–Crippen MR) is 103 cm³/mol. The van der Waals surface area contributed by atoms with Gasteiger partial charge >= 0.3 is 0 Å². The molecule has 1 aliphatic heterocycles. The molecule has 1 saturated carbocycles. The molecule has 0 atom stereocenters. The van der Waals surface area contributed by atoms with Crippen molar-refractivity contribution in [2.45, 2.75) is 50.9 Å². The van der Waals surface area contributed by atoms with E-state index in [4.69, 9.17) is 15.2 Å². The summed E-state index contributed by atoms with van der Waals surface area (Å²) in [6, 6.07) is 6.69. The summed E-state index contributed by atoms with van der Waals surface area (Å²) >= 11 is 0. The van der Waals surface area contributed by atoms with Gasteiger partial charge in [0.1, 0.15) is 17.4 Å². The Morgan fingerprint density at radius 3 is 2.78 bits per heavy atom. The normalized spacial score (nSPS) is 22.3. The van der Waals surface area contributed by atoms with E-state index in [0.29, 0.717) is 18.6 Å². The van der Waals surface area contributed by atoms with Gasteiger partial charge in [0.25, 0.3) is 0 Å². The van der Waals surface area contributed by atoms with Gasteiger partial charge in [-0.25, -0.2) is 0 Å². The van der Waals surface area contributed by atoms with Crippen LogP contribution in [0.2, 0.25) is 0 Å². The van der Waals surface area contributed by atoms with Crippen LogP contribution >= 0.6 is 0 Å². The first kappa shape index (κ1) is 18.4. The molecule has 1 aliphatic carbocycles. The summed E-state index contributed by atoms with van der Waals surface area (Å²) in [5.74, 6) is 3.47. The van der Waals surface area contributed by atoms with Crippen molar-refractivity contribution in [3.05, 3.63) is 41.0 Å². The SMILES string of the molecule is COCCn1c(CN2CCc3cc(OC)ccc3C2)nnc1C1CC(N)C1. The van der Waals surface area contributed by atoms with Crippen molar-refractivity contribution < 1.29 is 9.47 Å². The number of rotatable bonds is 7. The molecule has 0 bridgehead atoms. The van der Waals surface area contributed by atoms with E-state index in [1.54, 1.807) is 14.2 Å². The monoisotopic (exact) mass is 371 g/mol. The zero-order valence-electron chi connectivity index (χ0n) is 16.2. The van der Waals surface area contributed by atoms with Gasteiger partial charge in [0, 0.05) is 38.7 Å². The standard InChI is InChI=1S/C20H29N5O2/c1-26-8-7-25-19(22-23-20(25)16-9-17(21)10-16)13-24-6-5-14-11-18(27-2)4-3-15(14)12-24/h3-4,11,16-17H,5-10,12-13,21H2,1-2H3. The van der Waals surface area contributed by atoms with Gasteiger partial charge in [-0.15, -0.1) is 10.2 Å². The second kappa shape index (κ2) is 7.96. The maximum Gasteiger partial charge on any atom is 0.147 e. The van der Waals surface area contributed by atoms with Gasteiger partial charge in [-0.3, -0.25) is 4.90 Å².